The Balaban J connectivity index is 2.32. The van der Waals surface area contributed by atoms with E-state index in [9.17, 15) is 0 Å². The Labute approximate surface area is 116 Å². The molecule has 4 heteroatoms. The summed E-state index contributed by atoms with van der Waals surface area (Å²) in [5.74, 6) is 0.776. The van der Waals surface area contributed by atoms with Gasteiger partial charge >= 0.3 is 0 Å². The van der Waals surface area contributed by atoms with Crippen molar-refractivity contribution in [3.05, 3.63) is 23.8 Å². The maximum atomic E-state index is 9.11. The number of nitrogen functional groups attached to an aromatic ring is 1. The molecule has 0 radical (unpaired) electrons. The third-order valence-corrected chi connectivity index (χ3v) is 2.79. The summed E-state index contributed by atoms with van der Waals surface area (Å²) in [6.07, 6.45) is 2.70. The number of rotatable bonds is 9. The van der Waals surface area contributed by atoms with Crippen LogP contribution in [-0.4, -0.2) is 30.9 Å². The molecule has 0 aliphatic heterocycles. The number of hydrogen-bond donors (Lipinski definition) is 3. The first kappa shape index (κ1) is 15.8. The fourth-order valence-electron chi connectivity index (χ4n) is 1.83. The lowest BCUT2D eigenvalue weighted by Gasteiger charge is -2.10. The van der Waals surface area contributed by atoms with E-state index in [1.54, 1.807) is 6.92 Å². The second kappa shape index (κ2) is 8.77. The van der Waals surface area contributed by atoms with Crippen LogP contribution in [0.25, 0.3) is 0 Å². The molecular formula is C15H26N2O2. The van der Waals surface area contributed by atoms with Crippen LogP contribution in [0.2, 0.25) is 0 Å². The zero-order chi connectivity index (χ0) is 14.1. The highest BCUT2D eigenvalue weighted by Gasteiger charge is 2.02. The van der Waals surface area contributed by atoms with E-state index in [1.165, 1.54) is 5.56 Å². The first-order chi connectivity index (χ1) is 9.13. The normalized spacial score (nSPS) is 12.4. The van der Waals surface area contributed by atoms with Crippen LogP contribution < -0.4 is 15.8 Å². The lowest BCUT2D eigenvalue weighted by molar-refractivity contribution is 0.191. The van der Waals surface area contributed by atoms with Crippen LogP contribution in [0.5, 0.6) is 5.75 Å². The standard InChI is InChI=1S/C15H26N2O2/c1-3-9-19-15-7-6-13(10-14(15)16)5-4-8-17-11-12(2)18/h6-7,10,12,17-18H,3-5,8-9,11,16H2,1-2H3. The highest BCUT2D eigenvalue weighted by atomic mass is 16.5. The van der Waals surface area contributed by atoms with Crippen molar-refractivity contribution in [3.63, 3.8) is 0 Å². The molecular weight excluding hydrogens is 240 g/mol. The summed E-state index contributed by atoms with van der Waals surface area (Å²) in [5.41, 5.74) is 7.89. The molecule has 0 bridgehead atoms. The van der Waals surface area contributed by atoms with E-state index >= 15 is 0 Å². The lowest BCUT2D eigenvalue weighted by atomic mass is 10.1. The Morgan fingerprint density at radius 2 is 2.21 bits per heavy atom. The van der Waals surface area contributed by atoms with Gasteiger partial charge in [0.1, 0.15) is 5.75 Å². The SMILES string of the molecule is CCCOc1ccc(CCCNCC(C)O)cc1N. The quantitative estimate of drug-likeness (QED) is 0.472. The number of aliphatic hydroxyl groups is 1. The van der Waals surface area contributed by atoms with Crippen LogP contribution >= 0.6 is 0 Å². The summed E-state index contributed by atoms with van der Waals surface area (Å²) in [6, 6.07) is 6.00. The minimum atomic E-state index is -0.286. The van der Waals surface area contributed by atoms with Crippen LogP contribution in [0.15, 0.2) is 18.2 Å². The van der Waals surface area contributed by atoms with E-state index in [2.05, 4.69) is 18.3 Å². The topological polar surface area (TPSA) is 67.5 Å². The van der Waals surface area contributed by atoms with Gasteiger partial charge in [0.05, 0.1) is 18.4 Å². The maximum Gasteiger partial charge on any atom is 0.142 e. The largest absolute Gasteiger partial charge is 0.491 e. The number of ether oxygens (including phenoxy) is 1. The zero-order valence-electron chi connectivity index (χ0n) is 12.0. The number of nitrogens with two attached hydrogens (primary N) is 1. The molecule has 0 saturated carbocycles. The summed E-state index contributed by atoms with van der Waals surface area (Å²) < 4.78 is 5.55. The highest BCUT2D eigenvalue weighted by Crippen LogP contribution is 2.23. The Bertz CT molecular complexity index is 367. The molecule has 4 N–H and O–H groups in total. The van der Waals surface area contributed by atoms with Crippen molar-refractivity contribution in [2.75, 3.05) is 25.4 Å². The fraction of sp³-hybridized carbons (Fsp3) is 0.600. The van der Waals surface area contributed by atoms with Crippen LogP contribution in [-0.2, 0) is 6.42 Å². The summed E-state index contributed by atoms with van der Waals surface area (Å²) in [7, 11) is 0. The van der Waals surface area contributed by atoms with Crippen LogP contribution in [0.4, 0.5) is 5.69 Å². The van der Waals surface area contributed by atoms with Gasteiger partial charge in [-0.1, -0.05) is 13.0 Å². The molecule has 0 saturated heterocycles. The predicted octanol–water partition coefficient (Wildman–Crippen LogP) is 1.96. The van der Waals surface area contributed by atoms with Crippen molar-refractivity contribution >= 4 is 5.69 Å². The summed E-state index contributed by atoms with van der Waals surface area (Å²) in [6.45, 7) is 6.10. The number of anilines is 1. The number of nitrogens with one attached hydrogen (secondary N) is 1. The molecule has 0 fully saturated rings. The molecule has 1 atom stereocenters. The smallest absolute Gasteiger partial charge is 0.142 e. The van der Waals surface area contributed by atoms with Crippen molar-refractivity contribution < 1.29 is 9.84 Å². The third kappa shape index (κ3) is 6.45. The summed E-state index contributed by atoms with van der Waals surface area (Å²) in [5, 5.41) is 12.3. The third-order valence-electron chi connectivity index (χ3n) is 2.79. The van der Waals surface area contributed by atoms with Gasteiger partial charge in [0.2, 0.25) is 0 Å². The first-order valence-electron chi connectivity index (χ1n) is 7.03. The Morgan fingerprint density at radius 3 is 2.84 bits per heavy atom. The molecule has 0 aliphatic rings. The van der Waals surface area contributed by atoms with Crippen molar-refractivity contribution in [3.8, 4) is 5.75 Å². The molecule has 4 nitrogen and oxygen atoms in total. The van der Waals surface area contributed by atoms with E-state index in [0.717, 1.165) is 31.6 Å². The minimum absolute atomic E-state index is 0.286. The van der Waals surface area contributed by atoms with Crippen LogP contribution in [0.1, 0.15) is 32.3 Å². The molecule has 1 unspecified atom stereocenters. The van der Waals surface area contributed by atoms with Crippen molar-refractivity contribution in [2.45, 2.75) is 39.2 Å². The Kier molecular flexibility index (Phi) is 7.30. The molecule has 108 valence electrons. The van der Waals surface area contributed by atoms with Gasteiger partial charge in [-0.25, -0.2) is 0 Å². The van der Waals surface area contributed by atoms with E-state index in [-0.39, 0.29) is 6.10 Å². The first-order valence-corrected chi connectivity index (χ1v) is 7.03. The Hall–Kier alpha value is -1.26. The summed E-state index contributed by atoms with van der Waals surface area (Å²) in [4.78, 5) is 0. The van der Waals surface area contributed by atoms with E-state index in [4.69, 9.17) is 15.6 Å². The second-order valence-electron chi connectivity index (χ2n) is 4.88. The van der Waals surface area contributed by atoms with E-state index in [0.29, 0.717) is 18.8 Å². The van der Waals surface area contributed by atoms with Gasteiger partial charge in [0.15, 0.2) is 0 Å². The van der Waals surface area contributed by atoms with Gasteiger partial charge in [-0.3, -0.25) is 0 Å². The minimum Gasteiger partial charge on any atom is -0.491 e. The average molecular weight is 266 g/mol. The number of hydrogen-bond acceptors (Lipinski definition) is 4. The van der Waals surface area contributed by atoms with Crippen molar-refractivity contribution in [1.82, 2.24) is 5.32 Å². The molecule has 1 aromatic carbocycles. The van der Waals surface area contributed by atoms with E-state index < -0.39 is 0 Å². The highest BCUT2D eigenvalue weighted by molar-refractivity contribution is 5.54. The molecule has 0 aromatic heterocycles. The van der Waals surface area contributed by atoms with Crippen molar-refractivity contribution in [2.24, 2.45) is 0 Å². The second-order valence-corrected chi connectivity index (χ2v) is 4.88. The van der Waals surface area contributed by atoms with Gasteiger partial charge in [-0.05, 0) is 50.4 Å². The van der Waals surface area contributed by atoms with Gasteiger partial charge < -0.3 is 20.9 Å². The molecule has 1 aromatic rings. The zero-order valence-corrected chi connectivity index (χ0v) is 12.0. The lowest BCUT2D eigenvalue weighted by Crippen LogP contribution is -2.25. The number of aryl methyl sites for hydroxylation is 1. The van der Waals surface area contributed by atoms with Crippen LogP contribution in [0.3, 0.4) is 0 Å². The molecule has 1 rings (SSSR count). The molecule has 0 heterocycles. The maximum absolute atomic E-state index is 9.11. The fourth-order valence-corrected chi connectivity index (χ4v) is 1.83. The van der Waals surface area contributed by atoms with Crippen molar-refractivity contribution in [1.29, 1.82) is 0 Å². The molecule has 0 aliphatic carbocycles. The molecule has 0 spiro atoms. The summed E-state index contributed by atoms with van der Waals surface area (Å²) >= 11 is 0. The Morgan fingerprint density at radius 1 is 1.42 bits per heavy atom. The number of benzene rings is 1. The van der Waals surface area contributed by atoms with Gasteiger partial charge in [0.25, 0.3) is 0 Å². The van der Waals surface area contributed by atoms with E-state index in [1.807, 2.05) is 12.1 Å². The monoisotopic (exact) mass is 266 g/mol. The van der Waals surface area contributed by atoms with Gasteiger partial charge in [-0.15, -0.1) is 0 Å². The van der Waals surface area contributed by atoms with Gasteiger partial charge in [-0.2, -0.15) is 0 Å². The predicted molar refractivity (Wildman–Crippen MR) is 79.5 cm³/mol. The van der Waals surface area contributed by atoms with Crippen LogP contribution in [0, 0.1) is 0 Å². The van der Waals surface area contributed by atoms with Gasteiger partial charge in [0, 0.05) is 6.54 Å². The number of aliphatic hydroxyl groups excluding tert-OH is 1. The molecule has 19 heavy (non-hydrogen) atoms. The molecule has 0 amide bonds. The average Bonchev–Trinajstić information content (AvgIpc) is 2.37.